The van der Waals surface area contributed by atoms with E-state index >= 15 is 0 Å². The monoisotopic (exact) mass is 656 g/mol. The summed E-state index contributed by atoms with van der Waals surface area (Å²) < 4.78 is 6.27. The molecule has 1 aromatic heterocycles. The number of carbonyl (C=O) groups is 2. The number of nitrogens with one attached hydrogen (secondary N) is 1. The topological polar surface area (TPSA) is 113 Å². The average molecular weight is 659 g/mol. The number of nitrogens with zero attached hydrogens (tertiary/aromatic N) is 1. The number of benzene rings is 4. The highest BCUT2D eigenvalue weighted by molar-refractivity contribution is 9.11. The van der Waals surface area contributed by atoms with Gasteiger partial charge in [0.15, 0.2) is 0 Å². The molecule has 0 aliphatic carbocycles. The van der Waals surface area contributed by atoms with E-state index in [9.17, 15) is 19.8 Å². The predicted molar refractivity (Wildman–Crippen MR) is 153 cm³/mol. The van der Waals surface area contributed by atoms with Crippen LogP contribution >= 0.6 is 43.5 Å². The molecule has 0 fully saturated rings. The number of carbonyl (C=O) groups excluding carboxylic acids is 1. The summed E-state index contributed by atoms with van der Waals surface area (Å²) in [5.41, 5.74) is 1.69. The number of halogens is 3. The van der Waals surface area contributed by atoms with Crippen molar-refractivity contribution in [2.24, 2.45) is 0 Å². The molecule has 1 unspecified atom stereocenters. The Morgan fingerprint density at radius 3 is 2.05 bits per heavy atom. The van der Waals surface area contributed by atoms with Crippen molar-refractivity contribution >= 4 is 76.9 Å². The van der Waals surface area contributed by atoms with E-state index in [1.165, 1.54) is 0 Å². The maximum absolute atomic E-state index is 13.6. The molecule has 1 amide bonds. The van der Waals surface area contributed by atoms with Gasteiger partial charge >= 0.3 is 5.97 Å². The third-order valence-electron chi connectivity index (χ3n) is 6.31. The van der Waals surface area contributed by atoms with Gasteiger partial charge in [-0.2, -0.15) is 0 Å². The van der Waals surface area contributed by atoms with E-state index in [1.54, 1.807) is 19.1 Å². The van der Waals surface area contributed by atoms with Crippen molar-refractivity contribution in [3.8, 4) is 17.0 Å². The fourth-order valence-electron chi connectivity index (χ4n) is 4.54. The Morgan fingerprint density at radius 2 is 1.53 bits per heavy atom. The molecule has 192 valence electrons. The van der Waals surface area contributed by atoms with Gasteiger partial charge in [-0.1, -0.05) is 65.3 Å². The van der Waals surface area contributed by atoms with E-state index in [4.69, 9.17) is 16.1 Å². The zero-order chi connectivity index (χ0) is 27.1. The molecule has 7 nitrogen and oxygen atoms in total. The standard InChI is InChI=1S/C28H19Br2ClN2O5/c1-13-22(27(35)32-21(28(36)37)12-14-10-19(29)26(34)20(30)11-14)25(33-38-13)23-15-6-2-4-8-17(15)24(31)18-9-5-3-7-16(18)23/h2-11,21,34H,12H2,1H3,(H,32,35)(H,36,37). The number of phenolic OH excluding ortho intramolecular Hbond substituents is 1. The summed E-state index contributed by atoms with van der Waals surface area (Å²) in [4.78, 5) is 25.7. The van der Waals surface area contributed by atoms with Crippen molar-refractivity contribution < 1.29 is 24.3 Å². The Kier molecular flexibility index (Phi) is 7.17. The molecule has 3 N–H and O–H groups in total. The number of aliphatic carboxylic acids is 1. The maximum atomic E-state index is 13.6. The second-order valence-electron chi connectivity index (χ2n) is 8.72. The van der Waals surface area contributed by atoms with E-state index in [-0.39, 0.29) is 23.5 Å². The number of hydrogen-bond donors (Lipinski definition) is 3. The van der Waals surface area contributed by atoms with E-state index in [2.05, 4.69) is 42.3 Å². The lowest BCUT2D eigenvalue weighted by molar-refractivity contribution is -0.139. The Bertz CT molecular complexity index is 1670. The van der Waals surface area contributed by atoms with Crippen LogP contribution in [0.2, 0.25) is 5.02 Å². The molecule has 0 aliphatic rings. The first kappa shape index (κ1) is 26.2. The molecular formula is C28H19Br2ClN2O5. The molecule has 1 atom stereocenters. The zero-order valence-electron chi connectivity index (χ0n) is 19.8. The maximum Gasteiger partial charge on any atom is 0.326 e. The summed E-state index contributed by atoms with van der Waals surface area (Å²) in [7, 11) is 0. The number of carboxylic acid groups (broad SMARTS) is 1. The summed E-state index contributed by atoms with van der Waals surface area (Å²) in [6.45, 7) is 1.61. The summed E-state index contributed by atoms with van der Waals surface area (Å²) in [5.74, 6) is -1.60. The van der Waals surface area contributed by atoms with Crippen LogP contribution < -0.4 is 5.32 Å². The number of hydrogen-bond acceptors (Lipinski definition) is 5. The molecule has 0 aliphatic heterocycles. The van der Waals surface area contributed by atoms with Gasteiger partial charge in [0, 0.05) is 22.8 Å². The second-order valence-corrected chi connectivity index (χ2v) is 10.8. The third kappa shape index (κ3) is 4.66. The molecule has 38 heavy (non-hydrogen) atoms. The minimum absolute atomic E-state index is 0.00295. The Hall–Kier alpha value is -3.40. The molecule has 0 radical (unpaired) electrons. The molecule has 1 heterocycles. The zero-order valence-corrected chi connectivity index (χ0v) is 23.7. The van der Waals surface area contributed by atoms with E-state index < -0.39 is 17.9 Å². The minimum atomic E-state index is -1.26. The highest BCUT2D eigenvalue weighted by Crippen LogP contribution is 2.42. The summed E-state index contributed by atoms with van der Waals surface area (Å²) in [5, 5.41) is 30.5. The van der Waals surface area contributed by atoms with Gasteiger partial charge < -0.3 is 20.1 Å². The van der Waals surface area contributed by atoms with Crippen molar-refractivity contribution in [1.82, 2.24) is 10.5 Å². The van der Waals surface area contributed by atoms with Crippen LogP contribution in [0.1, 0.15) is 21.7 Å². The number of phenols is 1. The fourth-order valence-corrected chi connectivity index (χ4v) is 6.15. The smallest absolute Gasteiger partial charge is 0.326 e. The van der Waals surface area contributed by atoms with E-state index in [0.29, 0.717) is 30.8 Å². The molecule has 0 bridgehead atoms. The number of amides is 1. The Morgan fingerprint density at radius 1 is 1.00 bits per heavy atom. The van der Waals surface area contributed by atoms with Crippen LogP contribution in [0.4, 0.5) is 0 Å². The Balaban J connectivity index is 1.59. The molecule has 10 heteroatoms. The number of fused-ring (bicyclic) bond motifs is 2. The molecule has 4 aromatic carbocycles. The van der Waals surface area contributed by atoms with Crippen LogP contribution in [0.15, 0.2) is 74.1 Å². The van der Waals surface area contributed by atoms with Crippen LogP contribution in [0.25, 0.3) is 32.8 Å². The van der Waals surface area contributed by atoms with Gasteiger partial charge in [0.2, 0.25) is 0 Å². The number of aromatic nitrogens is 1. The van der Waals surface area contributed by atoms with Crippen LogP contribution in [-0.4, -0.2) is 33.3 Å². The van der Waals surface area contributed by atoms with Crippen LogP contribution in [0.3, 0.4) is 0 Å². The van der Waals surface area contributed by atoms with Crippen LogP contribution in [0.5, 0.6) is 5.75 Å². The predicted octanol–water partition coefficient (Wildman–Crippen LogP) is 7.27. The van der Waals surface area contributed by atoms with Gasteiger partial charge in [0.1, 0.15) is 28.8 Å². The SMILES string of the molecule is Cc1onc(-c2c3ccccc3c(Cl)c3ccccc23)c1C(=O)NC(Cc1cc(Br)c(O)c(Br)c1)C(=O)O. The fraction of sp³-hybridized carbons (Fsp3) is 0.107. The van der Waals surface area contributed by atoms with Gasteiger partial charge in [-0.25, -0.2) is 4.79 Å². The number of rotatable bonds is 6. The second kappa shape index (κ2) is 10.4. The molecule has 5 aromatic rings. The van der Waals surface area contributed by atoms with Gasteiger partial charge in [-0.15, -0.1) is 0 Å². The molecule has 0 spiro atoms. The molecule has 5 rings (SSSR count). The van der Waals surface area contributed by atoms with E-state index in [0.717, 1.165) is 21.5 Å². The third-order valence-corrected chi connectivity index (χ3v) is 7.93. The van der Waals surface area contributed by atoms with Crippen molar-refractivity contribution in [1.29, 1.82) is 0 Å². The number of carboxylic acids is 1. The van der Waals surface area contributed by atoms with Gasteiger partial charge in [0.25, 0.3) is 5.91 Å². The van der Waals surface area contributed by atoms with E-state index in [1.807, 2.05) is 48.5 Å². The van der Waals surface area contributed by atoms with Crippen LogP contribution in [-0.2, 0) is 11.2 Å². The average Bonchev–Trinajstić information content (AvgIpc) is 3.28. The van der Waals surface area contributed by atoms with Crippen molar-refractivity contribution in [2.45, 2.75) is 19.4 Å². The van der Waals surface area contributed by atoms with Crippen molar-refractivity contribution in [3.63, 3.8) is 0 Å². The lowest BCUT2D eigenvalue weighted by atomic mass is 9.92. The van der Waals surface area contributed by atoms with Crippen molar-refractivity contribution in [3.05, 3.63) is 91.5 Å². The Labute approximate surface area is 238 Å². The summed E-state index contributed by atoms with van der Waals surface area (Å²) in [6, 6.07) is 17.0. The lowest BCUT2D eigenvalue weighted by Crippen LogP contribution is -2.42. The normalized spacial score (nSPS) is 12.1. The van der Waals surface area contributed by atoms with Crippen molar-refractivity contribution in [2.75, 3.05) is 0 Å². The number of aryl methyl sites for hydroxylation is 1. The first-order chi connectivity index (χ1) is 18.2. The quantitative estimate of drug-likeness (QED) is 0.166. The van der Waals surface area contributed by atoms with Gasteiger partial charge in [-0.3, -0.25) is 4.79 Å². The minimum Gasteiger partial charge on any atom is -0.506 e. The van der Waals surface area contributed by atoms with Crippen LogP contribution in [0, 0.1) is 6.92 Å². The largest absolute Gasteiger partial charge is 0.506 e. The highest BCUT2D eigenvalue weighted by atomic mass is 79.9. The summed E-state index contributed by atoms with van der Waals surface area (Å²) >= 11 is 13.2. The summed E-state index contributed by atoms with van der Waals surface area (Å²) in [6.07, 6.45) is -0.0228. The molecule has 0 saturated carbocycles. The lowest BCUT2D eigenvalue weighted by Gasteiger charge is -2.17. The number of aromatic hydroxyl groups is 1. The highest BCUT2D eigenvalue weighted by Gasteiger charge is 2.29. The van der Waals surface area contributed by atoms with Gasteiger partial charge in [0.05, 0.1) is 14.0 Å². The van der Waals surface area contributed by atoms with Gasteiger partial charge in [-0.05, 0) is 67.3 Å². The molecule has 0 saturated heterocycles. The molecular weight excluding hydrogens is 640 g/mol. The first-order valence-electron chi connectivity index (χ1n) is 11.4. The first-order valence-corrected chi connectivity index (χ1v) is 13.4.